The second kappa shape index (κ2) is 4.30. The number of aliphatic imine (C=N–C) groups is 1. The van der Waals surface area contributed by atoms with E-state index in [1.165, 1.54) is 25.7 Å². The van der Waals surface area contributed by atoms with Crippen molar-refractivity contribution >= 4 is 11.6 Å². The number of hydrogen-bond donors (Lipinski definition) is 1. The summed E-state index contributed by atoms with van der Waals surface area (Å²) in [7, 11) is 0. The number of hydrogen-bond acceptors (Lipinski definition) is 3. The molecule has 1 unspecified atom stereocenters. The summed E-state index contributed by atoms with van der Waals surface area (Å²) < 4.78 is 0. The zero-order valence-corrected chi connectivity index (χ0v) is 11.0. The Hall–Kier alpha value is -1.51. The Kier molecular flexibility index (Phi) is 2.77. The van der Waals surface area contributed by atoms with Crippen LogP contribution in [-0.2, 0) is 0 Å². The van der Waals surface area contributed by atoms with Gasteiger partial charge in [-0.3, -0.25) is 4.99 Å². The lowest BCUT2D eigenvalue weighted by molar-refractivity contribution is 0.243. The molecule has 0 aromatic heterocycles. The molecule has 1 fully saturated rings. The number of para-hydroxylation sites is 1. The second-order valence-corrected chi connectivity index (χ2v) is 5.84. The first kappa shape index (κ1) is 11.6. The molecular formula is C15H21N3. The van der Waals surface area contributed by atoms with Crippen LogP contribution >= 0.6 is 0 Å². The van der Waals surface area contributed by atoms with Crippen LogP contribution in [0.1, 0.15) is 32.6 Å². The fourth-order valence-corrected chi connectivity index (χ4v) is 3.16. The summed E-state index contributed by atoms with van der Waals surface area (Å²) in [5.41, 5.74) is 7.33. The second-order valence-electron chi connectivity index (χ2n) is 5.84. The number of benzene rings is 1. The maximum Gasteiger partial charge on any atom is 0.196 e. The Bertz CT molecular complexity index is 450. The third kappa shape index (κ3) is 1.88. The lowest BCUT2D eigenvalue weighted by atomic mass is 9.76. The third-order valence-corrected chi connectivity index (χ3v) is 4.32. The molecule has 3 nitrogen and oxygen atoms in total. The van der Waals surface area contributed by atoms with Crippen molar-refractivity contribution in [2.75, 3.05) is 11.4 Å². The summed E-state index contributed by atoms with van der Waals surface area (Å²) in [5.74, 6) is 1.53. The van der Waals surface area contributed by atoms with Crippen molar-refractivity contribution in [1.29, 1.82) is 0 Å². The topological polar surface area (TPSA) is 41.6 Å². The minimum atomic E-state index is 0.0660. The standard InChI is InChI=1S/C15H21N3/c1-15(10-12-6-5-7-12)11-17-14(16)18(15)13-8-3-2-4-9-13/h2-4,8-9,12H,5-7,10-11H2,1H3,(H2,16,17). The van der Waals surface area contributed by atoms with Crippen LogP contribution in [0.5, 0.6) is 0 Å². The van der Waals surface area contributed by atoms with Gasteiger partial charge in [0, 0.05) is 5.69 Å². The zero-order chi connectivity index (χ0) is 12.6. The van der Waals surface area contributed by atoms with E-state index in [2.05, 4.69) is 41.1 Å². The fraction of sp³-hybridized carbons (Fsp3) is 0.533. The van der Waals surface area contributed by atoms with Crippen molar-refractivity contribution in [1.82, 2.24) is 0 Å². The number of guanidine groups is 1. The van der Waals surface area contributed by atoms with E-state index in [-0.39, 0.29) is 5.54 Å². The van der Waals surface area contributed by atoms with E-state index in [1.54, 1.807) is 0 Å². The first-order valence-electron chi connectivity index (χ1n) is 6.84. The summed E-state index contributed by atoms with van der Waals surface area (Å²) in [6.45, 7) is 3.12. The smallest absolute Gasteiger partial charge is 0.196 e. The van der Waals surface area contributed by atoms with E-state index in [0.717, 1.165) is 18.2 Å². The third-order valence-electron chi connectivity index (χ3n) is 4.32. The lowest BCUT2D eigenvalue weighted by Gasteiger charge is -2.41. The van der Waals surface area contributed by atoms with E-state index in [4.69, 9.17) is 5.73 Å². The van der Waals surface area contributed by atoms with Gasteiger partial charge in [0.25, 0.3) is 0 Å². The zero-order valence-electron chi connectivity index (χ0n) is 11.0. The molecule has 96 valence electrons. The maximum atomic E-state index is 6.10. The summed E-state index contributed by atoms with van der Waals surface area (Å²) in [6, 6.07) is 10.4. The molecule has 1 aliphatic carbocycles. The Balaban J connectivity index is 1.86. The molecule has 0 amide bonds. The van der Waals surface area contributed by atoms with Crippen molar-refractivity contribution in [2.24, 2.45) is 16.6 Å². The van der Waals surface area contributed by atoms with Gasteiger partial charge in [-0.2, -0.15) is 0 Å². The molecule has 3 heteroatoms. The maximum absolute atomic E-state index is 6.10. The predicted octanol–water partition coefficient (Wildman–Crippen LogP) is 2.77. The van der Waals surface area contributed by atoms with Gasteiger partial charge in [0.05, 0.1) is 12.1 Å². The molecule has 1 aromatic carbocycles. The molecule has 1 aromatic rings. The van der Waals surface area contributed by atoms with Crippen molar-refractivity contribution in [3.05, 3.63) is 30.3 Å². The number of nitrogens with zero attached hydrogens (tertiary/aromatic N) is 2. The average molecular weight is 243 g/mol. The first-order valence-corrected chi connectivity index (χ1v) is 6.84. The molecule has 1 saturated carbocycles. The summed E-state index contributed by atoms with van der Waals surface area (Å²) in [4.78, 5) is 6.71. The van der Waals surface area contributed by atoms with Crippen molar-refractivity contribution in [3.63, 3.8) is 0 Å². The van der Waals surface area contributed by atoms with Crippen LogP contribution in [-0.4, -0.2) is 18.0 Å². The predicted molar refractivity (Wildman–Crippen MR) is 75.8 cm³/mol. The van der Waals surface area contributed by atoms with Gasteiger partial charge in [-0.05, 0) is 31.4 Å². The molecule has 1 heterocycles. The van der Waals surface area contributed by atoms with Gasteiger partial charge in [-0.25, -0.2) is 0 Å². The quantitative estimate of drug-likeness (QED) is 0.887. The molecule has 0 spiro atoms. The van der Waals surface area contributed by atoms with Gasteiger partial charge in [0.15, 0.2) is 5.96 Å². The van der Waals surface area contributed by atoms with Crippen molar-refractivity contribution in [2.45, 2.75) is 38.1 Å². The van der Waals surface area contributed by atoms with Crippen molar-refractivity contribution in [3.8, 4) is 0 Å². The molecule has 18 heavy (non-hydrogen) atoms. The minimum absolute atomic E-state index is 0.0660. The normalized spacial score (nSPS) is 28.1. The fourth-order valence-electron chi connectivity index (χ4n) is 3.16. The minimum Gasteiger partial charge on any atom is -0.369 e. The van der Waals surface area contributed by atoms with Crippen LogP contribution in [0.15, 0.2) is 35.3 Å². The van der Waals surface area contributed by atoms with E-state index in [0.29, 0.717) is 5.96 Å². The molecule has 0 bridgehead atoms. The Morgan fingerprint density at radius 2 is 2.06 bits per heavy atom. The van der Waals surface area contributed by atoms with Gasteiger partial charge < -0.3 is 10.6 Å². The van der Waals surface area contributed by atoms with Crippen LogP contribution in [0.4, 0.5) is 5.69 Å². The number of rotatable bonds is 3. The molecule has 0 saturated heterocycles. The Labute approximate surface area is 109 Å². The van der Waals surface area contributed by atoms with Crippen molar-refractivity contribution < 1.29 is 0 Å². The highest BCUT2D eigenvalue weighted by molar-refractivity contribution is 5.98. The molecule has 3 rings (SSSR count). The van der Waals surface area contributed by atoms with Gasteiger partial charge in [-0.1, -0.05) is 37.5 Å². The van der Waals surface area contributed by atoms with Gasteiger partial charge in [0.1, 0.15) is 0 Å². The van der Waals surface area contributed by atoms with Gasteiger partial charge in [-0.15, -0.1) is 0 Å². The first-order chi connectivity index (χ1) is 8.69. The molecule has 2 aliphatic rings. The SMILES string of the molecule is CC1(CC2CCC2)CN=C(N)N1c1ccccc1. The van der Waals surface area contributed by atoms with Crippen LogP contribution in [0.25, 0.3) is 0 Å². The van der Waals surface area contributed by atoms with Crippen LogP contribution in [0.2, 0.25) is 0 Å². The highest BCUT2D eigenvalue weighted by Gasteiger charge is 2.41. The highest BCUT2D eigenvalue weighted by Crippen LogP contribution is 2.39. The summed E-state index contributed by atoms with van der Waals surface area (Å²) >= 11 is 0. The van der Waals surface area contributed by atoms with Crippen LogP contribution in [0, 0.1) is 5.92 Å². The number of anilines is 1. The monoisotopic (exact) mass is 243 g/mol. The van der Waals surface area contributed by atoms with E-state index < -0.39 is 0 Å². The lowest BCUT2D eigenvalue weighted by Crippen LogP contribution is -2.51. The molecule has 1 atom stereocenters. The highest BCUT2D eigenvalue weighted by atomic mass is 15.4. The largest absolute Gasteiger partial charge is 0.369 e. The van der Waals surface area contributed by atoms with Gasteiger partial charge in [0.2, 0.25) is 0 Å². The van der Waals surface area contributed by atoms with Crippen LogP contribution < -0.4 is 10.6 Å². The Morgan fingerprint density at radius 3 is 2.67 bits per heavy atom. The molecule has 1 aliphatic heterocycles. The molecular weight excluding hydrogens is 222 g/mol. The summed E-state index contributed by atoms with van der Waals surface area (Å²) in [6.07, 6.45) is 5.34. The summed E-state index contributed by atoms with van der Waals surface area (Å²) in [5, 5.41) is 0. The van der Waals surface area contributed by atoms with Gasteiger partial charge >= 0.3 is 0 Å². The van der Waals surface area contributed by atoms with E-state index in [1.807, 2.05) is 6.07 Å². The number of nitrogens with two attached hydrogens (primary N) is 1. The average Bonchev–Trinajstić information content (AvgIpc) is 2.62. The van der Waals surface area contributed by atoms with E-state index in [9.17, 15) is 0 Å². The van der Waals surface area contributed by atoms with Crippen LogP contribution in [0.3, 0.4) is 0 Å². The molecule has 2 N–H and O–H groups in total. The van der Waals surface area contributed by atoms with E-state index >= 15 is 0 Å². The molecule has 0 radical (unpaired) electrons. The Morgan fingerprint density at radius 1 is 1.33 bits per heavy atom.